The van der Waals surface area contributed by atoms with Crippen LogP contribution in [-0.2, 0) is 4.79 Å². The Kier molecular flexibility index (Phi) is 6.39. The number of aryl methyl sites for hydroxylation is 1. The second-order valence-corrected chi connectivity index (χ2v) is 6.10. The lowest BCUT2D eigenvalue weighted by atomic mass is 10.2. The summed E-state index contributed by atoms with van der Waals surface area (Å²) in [6.07, 6.45) is 3.06. The summed E-state index contributed by atoms with van der Waals surface area (Å²) in [5.74, 6) is -0.405. The van der Waals surface area contributed by atoms with Crippen LogP contribution in [0.1, 0.15) is 5.56 Å². The minimum absolute atomic E-state index is 0.0276. The lowest BCUT2D eigenvalue weighted by molar-refractivity contribution is -0.117. The van der Waals surface area contributed by atoms with Crippen molar-refractivity contribution in [2.75, 3.05) is 12.3 Å². The fourth-order valence-electron chi connectivity index (χ4n) is 1.73. The van der Waals surface area contributed by atoms with Gasteiger partial charge in [-0.15, -0.1) is 16.8 Å². The molecule has 0 spiro atoms. The van der Waals surface area contributed by atoms with Crippen LogP contribution in [0.4, 0.5) is 4.79 Å². The van der Waals surface area contributed by atoms with E-state index in [1.165, 1.54) is 24.2 Å². The molecule has 2 N–H and O–H groups in total. The summed E-state index contributed by atoms with van der Waals surface area (Å²) in [5, 5.41) is 13.7. The van der Waals surface area contributed by atoms with Gasteiger partial charge in [-0.05, 0) is 24.6 Å². The molecular formula is C15H16ClN5O2S. The number of carbonyl (C=O) groups is 2. The molecule has 0 aliphatic rings. The Hall–Kier alpha value is -2.32. The highest BCUT2D eigenvalue weighted by atomic mass is 35.5. The molecule has 0 radical (unpaired) electrons. The van der Waals surface area contributed by atoms with Gasteiger partial charge in [-0.3, -0.25) is 14.7 Å². The van der Waals surface area contributed by atoms with Gasteiger partial charge in [0.25, 0.3) is 0 Å². The SMILES string of the molecule is C=CCNC(=O)NC(=O)CSc1nncn1-c1ccc(C)c(Cl)c1. The molecule has 3 amide bonds. The first kappa shape index (κ1) is 18.0. The molecule has 0 saturated carbocycles. The van der Waals surface area contributed by atoms with Gasteiger partial charge in [0, 0.05) is 11.6 Å². The van der Waals surface area contributed by atoms with Crippen LogP contribution in [0, 0.1) is 6.92 Å². The van der Waals surface area contributed by atoms with E-state index in [1.54, 1.807) is 10.6 Å². The molecule has 1 aromatic carbocycles. The van der Waals surface area contributed by atoms with Crippen LogP contribution in [0.15, 0.2) is 42.3 Å². The maximum atomic E-state index is 11.8. The summed E-state index contributed by atoms with van der Waals surface area (Å²) in [5.41, 5.74) is 1.76. The largest absolute Gasteiger partial charge is 0.334 e. The Bertz CT molecular complexity index is 762. The van der Waals surface area contributed by atoms with Gasteiger partial charge >= 0.3 is 6.03 Å². The number of imide groups is 1. The molecule has 0 aliphatic carbocycles. The molecule has 0 aliphatic heterocycles. The van der Waals surface area contributed by atoms with Crippen LogP contribution < -0.4 is 10.6 Å². The molecule has 1 aromatic heterocycles. The van der Waals surface area contributed by atoms with Gasteiger partial charge in [-0.2, -0.15) is 0 Å². The van der Waals surface area contributed by atoms with Crippen LogP contribution in [0.25, 0.3) is 5.69 Å². The van der Waals surface area contributed by atoms with E-state index in [4.69, 9.17) is 11.6 Å². The van der Waals surface area contributed by atoms with Crippen LogP contribution in [0.2, 0.25) is 5.02 Å². The normalized spacial score (nSPS) is 10.2. The highest BCUT2D eigenvalue weighted by molar-refractivity contribution is 7.99. The first-order valence-corrected chi connectivity index (χ1v) is 8.35. The number of amides is 3. The van der Waals surface area contributed by atoms with Crippen molar-refractivity contribution in [1.29, 1.82) is 0 Å². The Labute approximate surface area is 148 Å². The molecule has 2 aromatic rings. The predicted molar refractivity (Wildman–Crippen MR) is 93.6 cm³/mol. The highest BCUT2D eigenvalue weighted by Gasteiger charge is 2.12. The highest BCUT2D eigenvalue weighted by Crippen LogP contribution is 2.23. The minimum Gasteiger partial charge on any atom is -0.334 e. The maximum Gasteiger partial charge on any atom is 0.321 e. The van der Waals surface area contributed by atoms with E-state index < -0.39 is 11.9 Å². The topological polar surface area (TPSA) is 88.9 Å². The lowest BCUT2D eigenvalue weighted by Gasteiger charge is -2.08. The third-order valence-electron chi connectivity index (χ3n) is 2.94. The van der Waals surface area contributed by atoms with Crippen LogP contribution in [-0.4, -0.2) is 39.0 Å². The number of thioether (sulfide) groups is 1. The maximum absolute atomic E-state index is 11.8. The van der Waals surface area contributed by atoms with Crippen molar-refractivity contribution in [2.24, 2.45) is 0 Å². The van der Waals surface area contributed by atoms with Gasteiger partial charge in [0.15, 0.2) is 5.16 Å². The molecule has 9 heteroatoms. The van der Waals surface area contributed by atoms with Gasteiger partial charge < -0.3 is 5.32 Å². The molecular weight excluding hydrogens is 350 g/mol. The molecule has 0 unspecified atom stereocenters. The first-order valence-electron chi connectivity index (χ1n) is 6.99. The number of halogens is 1. The molecule has 126 valence electrons. The quantitative estimate of drug-likeness (QED) is 0.605. The van der Waals surface area contributed by atoms with E-state index in [0.29, 0.717) is 10.2 Å². The van der Waals surface area contributed by atoms with Crippen LogP contribution in [0.3, 0.4) is 0 Å². The molecule has 2 rings (SSSR count). The van der Waals surface area contributed by atoms with E-state index in [9.17, 15) is 9.59 Å². The number of aromatic nitrogens is 3. The molecule has 0 atom stereocenters. The Morgan fingerprint density at radius 3 is 2.96 bits per heavy atom. The average Bonchev–Trinajstić information content (AvgIpc) is 3.02. The Balaban J connectivity index is 1.98. The number of nitrogens with zero attached hydrogens (tertiary/aromatic N) is 3. The molecule has 1 heterocycles. The minimum atomic E-state index is -0.563. The zero-order chi connectivity index (χ0) is 17.5. The number of nitrogens with one attached hydrogen (secondary N) is 2. The zero-order valence-corrected chi connectivity index (χ0v) is 14.5. The number of benzene rings is 1. The molecule has 7 nitrogen and oxygen atoms in total. The van der Waals surface area contributed by atoms with E-state index >= 15 is 0 Å². The monoisotopic (exact) mass is 365 g/mol. The summed E-state index contributed by atoms with van der Waals surface area (Å²) in [4.78, 5) is 23.1. The fourth-order valence-corrected chi connectivity index (χ4v) is 2.64. The van der Waals surface area contributed by atoms with Crippen LogP contribution in [0.5, 0.6) is 0 Å². The van der Waals surface area contributed by atoms with Gasteiger partial charge in [0.1, 0.15) is 6.33 Å². The molecule has 0 saturated heterocycles. The van der Waals surface area contributed by atoms with Crippen molar-refractivity contribution in [1.82, 2.24) is 25.4 Å². The van der Waals surface area contributed by atoms with Crippen LogP contribution >= 0.6 is 23.4 Å². The summed E-state index contributed by atoms with van der Waals surface area (Å²) >= 11 is 7.30. The summed E-state index contributed by atoms with van der Waals surface area (Å²) < 4.78 is 1.72. The number of rotatable bonds is 6. The summed E-state index contributed by atoms with van der Waals surface area (Å²) in [7, 11) is 0. The van der Waals surface area contributed by atoms with E-state index in [0.717, 1.165) is 11.3 Å². The number of urea groups is 1. The number of hydrogen-bond acceptors (Lipinski definition) is 5. The lowest BCUT2D eigenvalue weighted by Crippen LogP contribution is -2.40. The van der Waals surface area contributed by atoms with E-state index in [-0.39, 0.29) is 12.3 Å². The van der Waals surface area contributed by atoms with Gasteiger partial charge in [-0.25, -0.2) is 4.79 Å². The van der Waals surface area contributed by atoms with Gasteiger partial charge in [-0.1, -0.05) is 35.5 Å². The van der Waals surface area contributed by atoms with Crippen molar-refractivity contribution in [3.05, 3.63) is 47.8 Å². The van der Waals surface area contributed by atoms with Gasteiger partial charge in [0.2, 0.25) is 5.91 Å². The third kappa shape index (κ3) is 4.84. The smallest absolute Gasteiger partial charge is 0.321 e. The number of carbonyl (C=O) groups excluding carboxylic acids is 2. The Morgan fingerprint density at radius 1 is 1.46 bits per heavy atom. The summed E-state index contributed by atoms with van der Waals surface area (Å²) in [6, 6.07) is 5.01. The Morgan fingerprint density at radius 2 is 2.25 bits per heavy atom. The van der Waals surface area contributed by atoms with Crippen molar-refractivity contribution < 1.29 is 9.59 Å². The molecule has 0 bridgehead atoms. The number of hydrogen-bond donors (Lipinski definition) is 2. The van der Waals surface area contributed by atoms with Crippen molar-refractivity contribution >= 4 is 35.3 Å². The predicted octanol–water partition coefficient (Wildman–Crippen LogP) is 2.33. The van der Waals surface area contributed by atoms with Gasteiger partial charge in [0.05, 0.1) is 11.4 Å². The first-order chi connectivity index (χ1) is 11.5. The van der Waals surface area contributed by atoms with Crippen molar-refractivity contribution in [3.63, 3.8) is 0 Å². The second kappa shape index (κ2) is 8.51. The van der Waals surface area contributed by atoms with E-state index in [2.05, 4.69) is 27.4 Å². The fraction of sp³-hybridized carbons (Fsp3) is 0.200. The van der Waals surface area contributed by atoms with Crippen molar-refractivity contribution in [3.8, 4) is 5.69 Å². The molecule has 24 heavy (non-hydrogen) atoms. The molecule has 0 fully saturated rings. The average molecular weight is 366 g/mol. The summed E-state index contributed by atoms with van der Waals surface area (Å²) in [6.45, 7) is 5.67. The standard InChI is InChI=1S/C15H16ClN5O2S/c1-3-6-17-14(23)19-13(22)8-24-15-20-18-9-21(15)11-5-4-10(2)12(16)7-11/h3-5,7,9H,1,6,8H2,2H3,(H2,17,19,22,23). The third-order valence-corrected chi connectivity index (χ3v) is 4.29. The van der Waals surface area contributed by atoms with Crippen molar-refractivity contribution in [2.45, 2.75) is 12.1 Å². The van der Waals surface area contributed by atoms with E-state index in [1.807, 2.05) is 19.1 Å². The zero-order valence-electron chi connectivity index (χ0n) is 13.0. The second-order valence-electron chi connectivity index (χ2n) is 4.75.